The fraction of sp³-hybridized carbons (Fsp3) is 0.333. The van der Waals surface area contributed by atoms with Crippen LogP contribution in [0.1, 0.15) is 45.3 Å². The van der Waals surface area contributed by atoms with Crippen molar-refractivity contribution >= 4 is 17.2 Å². The molecule has 0 aliphatic carbocycles. The molecular formula is C21H20F3N3O2S. The van der Waals surface area contributed by atoms with E-state index in [1.54, 1.807) is 17.2 Å². The molecule has 4 rings (SSSR count). The van der Waals surface area contributed by atoms with Gasteiger partial charge >= 0.3 is 6.18 Å². The summed E-state index contributed by atoms with van der Waals surface area (Å²) in [6.45, 7) is 3.85. The van der Waals surface area contributed by atoms with Crippen molar-refractivity contribution in [2.24, 2.45) is 0 Å². The number of β-amino-alcohol motifs (C(OH)–C–C–N with tert-alkyl or cyclic N) is 1. The summed E-state index contributed by atoms with van der Waals surface area (Å²) in [5.74, 6) is -0.257. The first kappa shape index (κ1) is 20.6. The van der Waals surface area contributed by atoms with E-state index < -0.39 is 23.9 Å². The monoisotopic (exact) mass is 435 g/mol. The minimum atomic E-state index is -4.42. The molecule has 158 valence electrons. The molecule has 2 aromatic heterocycles. The van der Waals surface area contributed by atoms with E-state index in [1.165, 1.54) is 23.5 Å². The third-order valence-corrected chi connectivity index (χ3v) is 6.19. The molecule has 0 spiro atoms. The Morgan fingerprint density at radius 2 is 1.93 bits per heavy atom. The topological polar surface area (TPSA) is 58.4 Å². The van der Waals surface area contributed by atoms with Crippen LogP contribution in [0.15, 0.2) is 41.9 Å². The second-order valence-corrected chi connectivity index (χ2v) is 8.29. The van der Waals surface area contributed by atoms with Gasteiger partial charge in [-0.05, 0) is 44.0 Å². The van der Waals surface area contributed by atoms with Crippen LogP contribution < -0.4 is 0 Å². The maximum absolute atomic E-state index is 13.4. The largest absolute Gasteiger partial charge is 0.416 e. The van der Waals surface area contributed by atoms with Crippen molar-refractivity contribution in [3.05, 3.63) is 70.0 Å². The van der Waals surface area contributed by atoms with Crippen LogP contribution in [0.5, 0.6) is 0 Å². The summed E-state index contributed by atoms with van der Waals surface area (Å²) in [4.78, 5) is 19.2. The Bertz CT molecular complexity index is 1060. The summed E-state index contributed by atoms with van der Waals surface area (Å²) in [7, 11) is 0. The molecule has 1 saturated heterocycles. The van der Waals surface area contributed by atoms with Gasteiger partial charge in [0.05, 0.1) is 23.3 Å². The van der Waals surface area contributed by atoms with Crippen molar-refractivity contribution in [1.29, 1.82) is 0 Å². The number of thiazole rings is 1. The van der Waals surface area contributed by atoms with E-state index in [-0.39, 0.29) is 18.9 Å². The molecule has 1 N–H and O–H groups in total. The Hall–Kier alpha value is -2.65. The summed E-state index contributed by atoms with van der Waals surface area (Å²) in [5, 5.41) is 12.8. The molecule has 3 aromatic rings. The quantitative estimate of drug-likeness (QED) is 0.658. The molecule has 3 heterocycles. The van der Waals surface area contributed by atoms with Crippen LogP contribution in [-0.4, -0.2) is 38.1 Å². The third kappa shape index (κ3) is 3.63. The number of aliphatic hydroxyl groups is 1. The average Bonchev–Trinajstić information content (AvgIpc) is 3.40. The van der Waals surface area contributed by atoms with E-state index in [4.69, 9.17) is 0 Å². The van der Waals surface area contributed by atoms with E-state index in [0.29, 0.717) is 11.1 Å². The van der Waals surface area contributed by atoms with E-state index >= 15 is 0 Å². The fourth-order valence-electron chi connectivity index (χ4n) is 4.00. The predicted molar refractivity (Wildman–Crippen MR) is 107 cm³/mol. The van der Waals surface area contributed by atoms with Gasteiger partial charge in [-0.2, -0.15) is 13.2 Å². The van der Waals surface area contributed by atoms with Crippen molar-refractivity contribution in [1.82, 2.24) is 14.5 Å². The summed E-state index contributed by atoms with van der Waals surface area (Å²) in [5.41, 5.74) is 1.92. The molecule has 0 radical (unpaired) electrons. The van der Waals surface area contributed by atoms with Gasteiger partial charge < -0.3 is 10.0 Å². The minimum absolute atomic E-state index is 0.130. The third-order valence-electron chi connectivity index (χ3n) is 5.43. The van der Waals surface area contributed by atoms with Gasteiger partial charge in [0, 0.05) is 29.5 Å². The molecular weight excluding hydrogens is 415 g/mol. The number of aryl methyl sites for hydroxylation is 1. The minimum Gasteiger partial charge on any atom is -0.391 e. The molecule has 30 heavy (non-hydrogen) atoms. The van der Waals surface area contributed by atoms with Gasteiger partial charge in [-0.25, -0.2) is 4.98 Å². The summed E-state index contributed by atoms with van der Waals surface area (Å²) in [6, 6.07) is 6.08. The van der Waals surface area contributed by atoms with E-state index in [9.17, 15) is 23.1 Å². The first-order valence-electron chi connectivity index (χ1n) is 9.42. The van der Waals surface area contributed by atoms with Gasteiger partial charge in [-0.15, -0.1) is 11.3 Å². The first-order valence-corrected chi connectivity index (χ1v) is 10.3. The van der Waals surface area contributed by atoms with Crippen LogP contribution in [0.3, 0.4) is 0 Å². The number of likely N-dealkylation sites (tertiary alicyclic amines) is 1. The van der Waals surface area contributed by atoms with Crippen LogP contribution in [0.25, 0.3) is 5.13 Å². The van der Waals surface area contributed by atoms with Crippen molar-refractivity contribution in [2.75, 3.05) is 6.54 Å². The summed E-state index contributed by atoms with van der Waals surface area (Å²) in [6.07, 6.45) is -3.18. The number of benzene rings is 1. The number of aromatic nitrogens is 2. The number of nitrogens with zero attached hydrogens (tertiary/aromatic N) is 3. The number of alkyl halides is 3. The zero-order chi connectivity index (χ0) is 21.6. The highest BCUT2D eigenvalue weighted by Crippen LogP contribution is 2.36. The summed E-state index contributed by atoms with van der Waals surface area (Å²) >= 11 is 1.46. The molecule has 0 bridgehead atoms. The molecule has 0 unspecified atom stereocenters. The Balaban J connectivity index is 1.66. The first-order chi connectivity index (χ1) is 14.2. The SMILES string of the molecule is Cc1cc(C(=O)N2C[C@@H](O)C[C@H]2c2ccc(C(F)(F)F)cc2)c(C)n1-c1nccs1. The lowest BCUT2D eigenvalue weighted by molar-refractivity contribution is -0.137. The van der Waals surface area contributed by atoms with Crippen LogP contribution in [-0.2, 0) is 6.18 Å². The Morgan fingerprint density at radius 1 is 1.23 bits per heavy atom. The number of rotatable bonds is 3. The van der Waals surface area contributed by atoms with E-state index in [0.717, 1.165) is 28.7 Å². The van der Waals surface area contributed by atoms with Gasteiger partial charge in [-0.3, -0.25) is 9.36 Å². The van der Waals surface area contributed by atoms with E-state index in [2.05, 4.69) is 4.98 Å². The van der Waals surface area contributed by atoms with Crippen molar-refractivity contribution in [3.63, 3.8) is 0 Å². The lowest BCUT2D eigenvalue weighted by atomic mass is 10.0. The Morgan fingerprint density at radius 3 is 2.53 bits per heavy atom. The second-order valence-electron chi connectivity index (χ2n) is 7.42. The molecule has 2 atom stereocenters. The fourth-order valence-corrected chi connectivity index (χ4v) is 4.75. The average molecular weight is 435 g/mol. The van der Waals surface area contributed by atoms with Crippen LogP contribution >= 0.6 is 11.3 Å². The number of carbonyl (C=O) groups excluding carboxylic acids is 1. The smallest absolute Gasteiger partial charge is 0.391 e. The lowest BCUT2D eigenvalue weighted by Gasteiger charge is -2.25. The van der Waals surface area contributed by atoms with Gasteiger partial charge in [0.15, 0.2) is 5.13 Å². The molecule has 1 amide bonds. The molecule has 1 aromatic carbocycles. The van der Waals surface area contributed by atoms with Crippen LogP contribution in [0.4, 0.5) is 13.2 Å². The Labute approximate surface area is 175 Å². The van der Waals surface area contributed by atoms with Crippen molar-refractivity contribution in [2.45, 2.75) is 38.6 Å². The number of hydrogen-bond donors (Lipinski definition) is 1. The number of aliphatic hydroxyl groups excluding tert-OH is 1. The maximum atomic E-state index is 13.4. The highest BCUT2D eigenvalue weighted by Gasteiger charge is 2.37. The van der Waals surface area contributed by atoms with Crippen molar-refractivity contribution in [3.8, 4) is 5.13 Å². The number of halogens is 3. The van der Waals surface area contributed by atoms with Gasteiger partial charge in [0.2, 0.25) is 0 Å². The zero-order valence-electron chi connectivity index (χ0n) is 16.3. The molecule has 5 nitrogen and oxygen atoms in total. The van der Waals surface area contributed by atoms with E-state index in [1.807, 2.05) is 23.8 Å². The van der Waals surface area contributed by atoms with Gasteiger partial charge in [0.25, 0.3) is 5.91 Å². The highest BCUT2D eigenvalue weighted by molar-refractivity contribution is 7.12. The van der Waals surface area contributed by atoms with Crippen molar-refractivity contribution < 1.29 is 23.1 Å². The highest BCUT2D eigenvalue weighted by atomic mass is 32.1. The molecule has 0 saturated carbocycles. The molecule has 9 heteroatoms. The zero-order valence-corrected chi connectivity index (χ0v) is 17.2. The van der Waals surface area contributed by atoms with Crippen LogP contribution in [0.2, 0.25) is 0 Å². The Kier molecular flexibility index (Phi) is 5.19. The lowest BCUT2D eigenvalue weighted by Crippen LogP contribution is -2.32. The maximum Gasteiger partial charge on any atom is 0.416 e. The second kappa shape index (κ2) is 7.55. The van der Waals surface area contributed by atoms with Crippen LogP contribution in [0, 0.1) is 13.8 Å². The standard InChI is InChI=1S/C21H20F3N3O2S/c1-12-9-17(13(2)27(12)20-25-7-8-30-20)19(29)26-11-16(28)10-18(26)14-3-5-15(6-4-14)21(22,23)24/h3-9,16,18,28H,10-11H2,1-2H3/t16-,18-/m0/s1. The summed E-state index contributed by atoms with van der Waals surface area (Å²) < 4.78 is 40.5. The number of hydrogen-bond acceptors (Lipinski definition) is 4. The van der Waals surface area contributed by atoms with Gasteiger partial charge in [-0.1, -0.05) is 12.1 Å². The number of carbonyl (C=O) groups is 1. The number of amides is 1. The molecule has 1 aliphatic heterocycles. The molecule has 1 aliphatic rings. The normalized spacial score (nSPS) is 19.5. The molecule has 1 fully saturated rings. The predicted octanol–water partition coefficient (Wildman–Crippen LogP) is 4.52. The van der Waals surface area contributed by atoms with Gasteiger partial charge in [0.1, 0.15) is 0 Å².